The molecule has 1 spiro atoms. The third-order valence-corrected chi connectivity index (χ3v) is 5.36. The van der Waals surface area contributed by atoms with Gasteiger partial charge in [-0.15, -0.1) is 0 Å². The average Bonchev–Trinajstić information content (AvgIpc) is 3.23. The number of carbonyl (C=O) groups excluding carboxylic acids is 1. The molecule has 1 unspecified atom stereocenters. The van der Waals surface area contributed by atoms with Crippen molar-refractivity contribution in [2.24, 2.45) is 5.41 Å². The summed E-state index contributed by atoms with van der Waals surface area (Å²) in [6.07, 6.45) is 2.10. The normalized spacial score (nSPS) is 23.3. The molecule has 2 aliphatic rings. The molecule has 2 aliphatic heterocycles. The number of ether oxygens (including phenoxy) is 2. The summed E-state index contributed by atoms with van der Waals surface area (Å²) in [5.41, 5.74) is 2.50. The first kappa shape index (κ1) is 15.4. The molecule has 1 aromatic heterocycles. The molecular formula is C19H22N2O3. The van der Waals surface area contributed by atoms with Crippen LogP contribution in [0.25, 0.3) is 10.9 Å². The van der Waals surface area contributed by atoms with Gasteiger partial charge in [-0.2, -0.15) is 0 Å². The second-order valence-electron chi connectivity index (χ2n) is 6.96. The topological polar surface area (TPSA) is 51.7 Å². The zero-order valence-electron chi connectivity index (χ0n) is 14.2. The molecule has 126 valence electrons. The Kier molecular flexibility index (Phi) is 3.68. The third-order valence-electron chi connectivity index (χ3n) is 5.36. The molecule has 5 nitrogen and oxygen atoms in total. The number of rotatable bonds is 2. The van der Waals surface area contributed by atoms with Gasteiger partial charge in [-0.25, -0.2) is 0 Å². The van der Waals surface area contributed by atoms with Crippen molar-refractivity contribution < 1.29 is 14.3 Å². The fourth-order valence-electron chi connectivity index (χ4n) is 3.84. The van der Waals surface area contributed by atoms with Crippen LogP contribution in [0.4, 0.5) is 0 Å². The molecule has 5 heteroatoms. The highest BCUT2D eigenvalue weighted by atomic mass is 16.5. The van der Waals surface area contributed by atoms with Gasteiger partial charge in [0.1, 0.15) is 5.75 Å². The fraction of sp³-hybridized carbons (Fsp3) is 0.474. The molecular weight excluding hydrogens is 304 g/mol. The van der Waals surface area contributed by atoms with Gasteiger partial charge in [0, 0.05) is 36.6 Å². The molecule has 1 atom stereocenters. The highest BCUT2D eigenvalue weighted by Crippen LogP contribution is 2.38. The van der Waals surface area contributed by atoms with E-state index >= 15 is 0 Å². The molecule has 1 aromatic carbocycles. The lowest BCUT2D eigenvalue weighted by atomic mass is 9.87. The van der Waals surface area contributed by atoms with Crippen molar-refractivity contribution in [3.05, 3.63) is 35.5 Å². The molecule has 3 heterocycles. The Balaban J connectivity index is 1.63. The lowest BCUT2D eigenvalue weighted by Crippen LogP contribution is -2.33. The van der Waals surface area contributed by atoms with E-state index < -0.39 is 0 Å². The molecule has 0 radical (unpaired) electrons. The monoisotopic (exact) mass is 326 g/mol. The largest absolute Gasteiger partial charge is 0.497 e. The summed E-state index contributed by atoms with van der Waals surface area (Å²) in [5, 5.41) is 0.961. The maximum Gasteiger partial charge on any atom is 0.255 e. The first-order valence-corrected chi connectivity index (χ1v) is 8.43. The fourth-order valence-corrected chi connectivity index (χ4v) is 3.84. The first-order valence-electron chi connectivity index (χ1n) is 8.43. The van der Waals surface area contributed by atoms with E-state index in [4.69, 9.17) is 9.47 Å². The van der Waals surface area contributed by atoms with Crippen molar-refractivity contribution in [2.75, 3.05) is 33.4 Å². The molecule has 2 aromatic rings. The minimum Gasteiger partial charge on any atom is -0.497 e. The number of carbonyl (C=O) groups is 1. The Morgan fingerprint density at radius 3 is 2.96 bits per heavy atom. The van der Waals surface area contributed by atoms with E-state index in [2.05, 4.69) is 4.98 Å². The maximum absolute atomic E-state index is 13.0. The van der Waals surface area contributed by atoms with Crippen molar-refractivity contribution in [3.8, 4) is 5.75 Å². The number of hydrogen-bond acceptors (Lipinski definition) is 4. The van der Waals surface area contributed by atoms with Crippen molar-refractivity contribution in [1.82, 2.24) is 9.88 Å². The molecule has 0 bridgehead atoms. The number of benzene rings is 1. The predicted octanol–water partition coefficient (Wildman–Crippen LogP) is 2.80. The molecule has 4 rings (SSSR count). The van der Waals surface area contributed by atoms with Crippen LogP contribution >= 0.6 is 0 Å². The van der Waals surface area contributed by atoms with Crippen LogP contribution < -0.4 is 4.74 Å². The third kappa shape index (κ3) is 2.53. The Bertz CT molecular complexity index is 797. The minimum absolute atomic E-state index is 0.0847. The van der Waals surface area contributed by atoms with Crippen LogP contribution in [-0.4, -0.2) is 49.2 Å². The van der Waals surface area contributed by atoms with Crippen LogP contribution in [-0.2, 0) is 4.74 Å². The molecule has 2 saturated heterocycles. The summed E-state index contributed by atoms with van der Waals surface area (Å²) in [4.78, 5) is 19.6. The molecule has 0 saturated carbocycles. The van der Waals surface area contributed by atoms with Crippen LogP contribution in [0.15, 0.2) is 24.3 Å². The average molecular weight is 326 g/mol. The number of nitrogens with zero attached hydrogens (tertiary/aromatic N) is 2. The molecule has 0 N–H and O–H groups in total. The van der Waals surface area contributed by atoms with Gasteiger partial charge in [0.2, 0.25) is 0 Å². The molecule has 0 aliphatic carbocycles. The van der Waals surface area contributed by atoms with E-state index in [1.54, 1.807) is 7.11 Å². The van der Waals surface area contributed by atoms with Gasteiger partial charge < -0.3 is 14.4 Å². The minimum atomic E-state index is 0.0847. The number of hydrogen-bond donors (Lipinski definition) is 0. The van der Waals surface area contributed by atoms with E-state index in [0.29, 0.717) is 5.56 Å². The van der Waals surface area contributed by atoms with Crippen LogP contribution in [0.2, 0.25) is 0 Å². The van der Waals surface area contributed by atoms with E-state index in [0.717, 1.165) is 61.5 Å². The number of pyridine rings is 1. The Hall–Kier alpha value is -2.14. The van der Waals surface area contributed by atoms with Crippen LogP contribution in [0.1, 0.15) is 28.9 Å². The van der Waals surface area contributed by atoms with Crippen molar-refractivity contribution in [1.29, 1.82) is 0 Å². The summed E-state index contributed by atoms with van der Waals surface area (Å²) >= 11 is 0. The Morgan fingerprint density at radius 1 is 1.33 bits per heavy atom. The van der Waals surface area contributed by atoms with Gasteiger partial charge in [0.25, 0.3) is 5.91 Å². The van der Waals surface area contributed by atoms with Gasteiger partial charge in [-0.05, 0) is 38.0 Å². The maximum atomic E-state index is 13.0. The second kappa shape index (κ2) is 5.74. The SMILES string of the molecule is COc1ccc2cc(C(=O)N3CCC4(CCOC4)C3)c(C)nc2c1. The highest BCUT2D eigenvalue weighted by molar-refractivity contribution is 5.99. The lowest BCUT2D eigenvalue weighted by molar-refractivity contribution is 0.0764. The van der Waals surface area contributed by atoms with Crippen LogP contribution in [0.3, 0.4) is 0 Å². The number of aryl methyl sites for hydroxylation is 1. The quantitative estimate of drug-likeness (QED) is 0.851. The van der Waals surface area contributed by atoms with Gasteiger partial charge >= 0.3 is 0 Å². The van der Waals surface area contributed by atoms with Crippen molar-refractivity contribution in [2.45, 2.75) is 19.8 Å². The summed E-state index contributed by atoms with van der Waals surface area (Å²) < 4.78 is 10.8. The Morgan fingerprint density at radius 2 is 2.21 bits per heavy atom. The van der Waals surface area contributed by atoms with Crippen LogP contribution in [0, 0.1) is 12.3 Å². The van der Waals surface area contributed by atoms with E-state index in [1.165, 1.54) is 0 Å². The second-order valence-corrected chi connectivity index (χ2v) is 6.96. The van der Waals surface area contributed by atoms with Crippen LogP contribution in [0.5, 0.6) is 5.75 Å². The Labute approximate surface area is 141 Å². The zero-order chi connectivity index (χ0) is 16.7. The number of amides is 1. The highest BCUT2D eigenvalue weighted by Gasteiger charge is 2.43. The predicted molar refractivity (Wildman–Crippen MR) is 91.4 cm³/mol. The number of aromatic nitrogens is 1. The van der Waals surface area contributed by atoms with Crippen molar-refractivity contribution in [3.63, 3.8) is 0 Å². The van der Waals surface area contributed by atoms with E-state index in [1.807, 2.05) is 36.1 Å². The van der Waals surface area contributed by atoms with Gasteiger partial charge in [-0.3, -0.25) is 9.78 Å². The number of methoxy groups -OCH3 is 1. The van der Waals surface area contributed by atoms with Gasteiger partial charge in [0.15, 0.2) is 0 Å². The number of fused-ring (bicyclic) bond motifs is 1. The number of likely N-dealkylation sites (tertiary alicyclic amines) is 1. The summed E-state index contributed by atoms with van der Waals surface area (Å²) in [5.74, 6) is 0.859. The molecule has 2 fully saturated rings. The summed E-state index contributed by atoms with van der Waals surface area (Å²) in [6, 6.07) is 7.70. The van der Waals surface area contributed by atoms with Gasteiger partial charge in [-0.1, -0.05) is 0 Å². The standard InChI is InChI=1S/C19H22N2O3/c1-13-16(9-14-3-4-15(23-2)10-17(14)20-13)18(22)21-7-5-19(11-21)6-8-24-12-19/h3-4,9-10H,5-8,11-12H2,1-2H3. The summed E-state index contributed by atoms with van der Waals surface area (Å²) in [7, 11) is 1.64. The summed E-state index contributed by atoms with van der Waals surface area (Å²) in [6.45, 7) is 5.11. The van der Waals surface area contributed by atoms with Crippen molar-refractivity contribution >= 4 is 16.8 Å². The van der Waals surface area contributed by atoms with E-state index in [-0.39, 0.29) is 11.3 Å². The smallest absolute Gasteiger partial charge is 0.255 e. The first-order chi connectivity index (χ1) is 11.6. The zero-order valence-corrected chi connectivity index (χ0v) is 14.2. The molecule has 1 amide bonds. The van der Waals surface area contributed by atoms with E-state index in [9.17, 15) is 4.79 Å². The lowest BCUT2D eigenvalue weighted by Gasteiger charge is -2.22. The van der Waals surface area contributed by atoms with Gasteiger partial charge in [0.05, 0.1) is 30.5 Å². The molecule has 24 heavy (non-hydrogen) atoms.